The van der Waals surface area contributed by atoms with Gasteiger partial charge in [0.2, 0.25) is 9.92 Å². The van der Waals surface area contributed by atoms with Crippen molar-refractivity contribution in [1.82, 2.24) is 4.57 Å². The lowest BCUT2D eigenvalue weighted by Crippen LogP contribution is -2.50. The maximum Gasteiger partial charge on any atom is 0.311 e. The highest BCUT2D eigenvalue weighted by Crippen LogP contribution is 2.22. The SMILES string of the molecule is CCN([SiH2]O[Si](C)(C)O[Si](C)(C)C)C1CCCCC1. The van der Waals surface area contributed by atoms with E-state index in [1.807, 2.05) is 0 Å². The lowest BCUT2D eigenvalue weighted by atomic mass is 9.95. The van der Waals surface area contributed by atoms with E-state index in [0.717, 1.165) is 12.6 Å². The van der Waals surface area contributed by atoms with Crippen LogP contribution >= 0.6 is 0 Å². The molecule has 0 heterocycles. The molecule has 0 saturated heterocycles. The van der Waals surface area contributed by atoms with Crippen LogP contribution in [0.2, 0.25) is 32.7 Å². The average Bonchev–Trinajstić information content (AvgIpc) is 2.28. The van der Waals surface area contributed by atoms with E-state index in [1.165, 1.54) is 32.1 Å². The summed E-state index contributed by atoms with van der Waals surface area (Å²) in [5, 5.41) is 0. The highest BCUT2D eigenvalue weighted by atomic mass is 28.5. The Balaban J connectivity index is 2.43. The summed E-state index contributed by atoms with van der Waals surface area (Å²) >= 11 is 0. The van der Waals surface area contributed by atoms with E-state index in [0.29, 0.717) is 0 Å². The number of hydrogen-bond donors (Lipinski definition) is 0. The van der Waals surface area contributed by atoms with Crippen LogP contribution in [0.3, 0.4) is 0 Å². The summed E-state index contributed by atoms with van der Waals surface area (Å²) in [7, 11) is -3.97. The second kappa shape index (κ2) is 7.51. The van der Waals surface area contributed by atoms with Crippen molar-refractivity contribution in [2.45, 2.75) is 77.8 Å². The molecule has 0 radical (unpaired) electrons. The van der Waals surface area contributed by atoms with E-state index in [-0.39, 0.29) is 0 Å². The van der Waals surface area contributed by atoms with Crippen LogP contribution in [0.1, 0.15) is 39.0 Å². The third kappa shape index (κ3) is 7.19. The third-order valence-electron chi connectivity index (χ3n) is 3.63. The zero-order valence-corrected chi connectivity index (χ0v) is 17.2. The summed E-state index contributed by atoms with van der Waals surface area (Å²) in [6, 6.07) is 0.794. The van der Waals surface area contributed by atoms with Gasteiger partial charge in [0.05, 0.1) is 0 Å². The van der Waals surface area contributed by atoms with Crippen molar-refractivity contribution in [3.8, 4) is 0 Å². The fraction of sp³-hybridized carbons (Fsp3) is 1.00. The van der Waals surface area contributed by atoms with Gasteiger partial charge in [-0.15, -0.1) is 0 Å². The molecular weight excluding hydrogens is 286 g/mol. The van der Waals surface area contributed by atoms with Gasteiger partial charge in [-0.05, 0) is 52.1 Å². The standard InChI is InChI=1S/C13H33NO2Si3/c1-7-14(13-11-9-8-10-12-13)17-15-19(5,6)16-18(2,3)4/h13H,7-12,17H2,1-6H3. The smallest absolute Gasteiger partial charge is 0.311 e. The van der Waals surface area contributed by atoms with Gasteiger partial charge in [-0.3, -0.25) is 0 Å². The van der Waals surface area contributed by atoms with E-state index < -0.39 is 26.8 Å². The van der Waals surface area contributed by atoms with E-state index in [1.54, 1.807) is 0 Å². The first kappa shape index (κ1) is 17.6. The molecule has 1 fully saturated rings. The van der Waals surface area contributed by atoms with Crippen molar-refractivity contribution in [3.63, 3.8) is 0 Å². The van der Waals surface area contributed by atoms with Crippen molar-refractivity contribution in [1.29, 1.82) is 0 Å². The molecule has 0 amide bonds. The second-order valence-corrected chi connectivity index (χ2v) is 17.2. The van der Waals surface area contributed by atoms with Crippen LogP contribution < -0.4 is 0 Å². The van der Waals surface area contributed by atoms with Crippen LogP contribution in [0.4, 0.5) is 0 Å². The summed E-state index contributed by atoms with van der Waals surface area (Å²) in [5.41, 5.74) is 0. The monoisotopic (exact) mass is 319 g/mol. The van der Waals surface area contributed by atoms with Crippen molar-refractivity contribution < 1.29 is 8.23 Å². The van der Waals surface area contributed by atoms with Crippen molar-refractivity contribution in [2.75, 3.05) is 6.54 Å². The van der Waals surface area contributed by atoms with Gasteiger partial charge in [-0.25, -0.2) is 0 Å². The molecule has 6 heteroatoms. The van der Waals surface area contributed by atoms with E-state index in [2.05, 4.69) is 44.2 Å². The molecule has 0 aromatic carbocycles. The van der Waals surface area contributed by atoms with Gasteiger partial charge in [0.15, 0.2) is 8.32 Å². The largest absolute Gasteiger partial charge is 0.437 e. The normalized spacial score (nSPS) is 19.7. The van der Waals surface area contributed by atoms with E-state index in [4.69, 9.17) is 8.23 Å². The summed E-state index contributed by atoms with van der Waals surface area (Å²) in [5.74, 6) is 0. The molecule has 0 atom stereocenters. The van der Waals surface area contributed by atoms with Gasteiger partial charge in [-0.1, -0.05) is 26.2 Å². The molecule has 1 saturated carbocycles. The maximum atomic E-state index is 6.33. The molecule has 0 spiro atoms. The predicted molar refractivity (Wildman–Crippen MR) is 90.8 cm³/mol. The summed E-state index contributed by atoms with van der Waals surface area (Å²) in [6.07, 6.45) is 6.99. The van der Waals surface area contributed by atoms with Gasteiger partial charge in [-0.2, -0.15) is 0 Å². The summed E-state index contributed by atoms with van der Waals surface area (Å²) in [4.78, 5) is 0. The molecule has 0 aliphatic heterocycles. The molecule has 0 aromatic rings. The molecule has 1 rings (SSSR count). The second-order valence-electron chi connectivity index (χ2n) is 7.08. The minimum atomic E-state index is -1.90. The Morgan fingerprint density at radius 1 is 1.05 bits per heavy atom. The zero-order valence-electron chi connectivity index (χ0n) is 13.8. The Hall–Kier alpha value is 0.531. The van der Waals surface area contributed by atoms with Crippen LogP contribution in [0.15, 0.2) is 0 Å². The van der Waals surface area contributed by atoms with Gasteiger partial charge >= 0.3 is 8.56 Å². The molecular formula is C13H33NO2Si3. The molecule has 3 nitrogen and oxygen atoms in total. The predicted octanol–water partition coefficient (Wildman–Crippen LogP) is 3.21. The Morgan fingerprint density at radius 2 is 1.63 bits per heavy atom. The van der Waals surface area contributed by atoms with Crippen molar-refractivity contribution >= 4 is 26.8 Å². The summed E-state index contributed by atoms with van der Waals surface area (Å²) < 4.78 is 15.2. The Kier molecular flexibility index (Phi) is 6.95. The topological polar surface area (TPSA) is 21.7 Å². The van der Waals surface area contributed by atoms with Gasteiger partial charge in [0.1, 0.15) is 0 Å². The van der Waals surface area contributed by atoms with Crippen molar-refractivity contribution in [2.24, 2.45) is 0 Å². The fourth-order valence-corrected chi connectivity index (χ4v) is 12.2. The molecule has 19 heavy (non-hydrogen) atoms. The van der Waals surface area contributed by atoms with E-state index >= 15 is 0 Å². The number of hydrogen-bond acceptors (Lipinski definition) is 3. The molecule has 114 valence electrons. The third-order valence-corrected chi connectivity index (χ3v) is 12.6. The first-order valence-corrected chi connectivity index (χ1v) is 15.2. The van der Waals surface area contributed by atoms with Crippen LogP contribution in [0.5, 0.6) is 0 Å². The van der Waals surface area contributed by atoms with Crippen LogP contribution in [0.25, 0.3) is 0 Å². The average molecular weight is 320 g/mol. The fourth-order valence-electron chi connectivity index (χ4n) is 2.91. The lowest BCUT2D eigenvalue weighted by molar-refractivity contribution is 0.241. The first-order valence-electron chi connectivity index (χ1n) is 7.82. The van der Waals surface area contributed by atoms with Gasteiger partial charge in [0.25, 0.3) is 0 Å². The van der Waals surface area contributed by atoms with Crippen molar-refractivity contribution in [3.05, 3.63) is 0 Å². The minimum absolute atomic E-state index is 0.600. The van der Waals surface area contributed by atoms with E-state index in [9.17, 15) is 0 Å². The van der Waals surface area contributed by atoms with Crippen LogP contribution in [-0.4, -0.2) is 44.0 Å². The Labute approximate surface area is 124 Å². The van der Waals surface area contributed by atoms with Crippen LogP contribution in [0, 0.1) is 0 Å². The van der Waals surface area contributed by atoms with Gasteiger partial charge in [0, 0.05) is 6.04 Å². The van der Waals surface area contributed by atoms with Crippen LogP contribution in [-0.2, 0) is 8.23 Å². The first-order chi connectivity index (χ1) is 8.73. The molecule has 0 aromatic heterocycles. The quantitative estimate of drug-likeness (QED) is 0.673. The number of nitrogens with zero attached hydrogens (tertiary/aromatic N) is 1. The van der Waals surface area contributed by atoms with Gasteiger partial charge < -0.3 is 12.8 Å². The Morgan fingerprint density at radius 3 is 2.11 bits per heavy atom. The highest BCUT2D eigenvalue weighted by molar-refractivity contribution is 6.82. The maximum absolute atomic E-state index is 6.33. The summed E-state index contributed by atoms with van der Waals surface area (Å²) in [6.45, 7) is 14.6. The molecule has 1 aliphatic rings. The minimum Gasteiger partial charge on any atom is -0.437 e. The Bertz CT molecular complexity index is 263. The molecule has 0 N–H and O–H groups in total. The zero-order chi connectivity index (χ0) is 14.5. The molecule has 1 aliphatic carbocycles. The highest BCUT2D eigenvalue weighted by Gasteiger charge is 2.32. The molecule has 0 unspecified atom stereocenters. The number of rotatable bonds is 7. The molecule has 0 bridgehead atoms. The lowest BCUT2D eigenvalue weighted by Gasteiger charge is -2.37.